The second-order valence-corrected chi connectivity index (χ2v) is 5.34. The Morgan fingerprint density at radius 3 is 2.65 bits per heavy atom. The predicted molar refractivity (Wildman–Crippen MR) is 76.4 cm³/mol. The van der Waals surface area contributed by atoms with Gasteiger partial charge in [-0.3, -0.25) is 4.99 Å². The minimum atomic E-state index is -0.784. The molecule has 2 heterocycles. The maximum atomic E-state index is 13.0. The number of hydrogen-bond donors (Lipinski definition) is 1. The predicted octanol–water partition coefficient (Wildman–Crippen LogP) is 3.18. The second kappa shape index (κ2) is 4.87. The van der Waals surface area contributed by atoms with Crippen LogP contribution in [0.5, 0.6) is 0 Å². The van der Waals surface area contributed by atoms with Crippen LogP contribution < -0.4 is 0 Å². The van der Waals surface area contributed by atoms with Crippen molar-refractivity contribution >= 4 is 5.71 Å². The van der Waals surface area contributed by atoms with Crippen LogP contribution in [0.15, 0.2) is 41.5 Å². The second-order valence-electron chi connectivity index (χ2n) is 5.34. The Kier molecular flexibility index (Phi) is 3.18. The lowest BCUT2D eigenvalue weighted by atomic mass is 10.0. The molecule has 3 rings (SSSR count). The average molecular weight is 272 g/mol. The Labute approximate surface area is 117 Å². The molecule has 0 bridgehead atoms. The van der Waals surface area contributed by atoms with Crippen molar-refractivity contribution in [3.8, 4) is 0 Å². The molecule has 0 fully saturated rings. The van der Waals surface area contributed by atoms with Crippen LogP contribution in [-0.4, -0.2) is 15.4 Å². The first-order valence-corrected chi connectivity index (χ1v) is 6.70. The third kappa shape index (κ3) is 2.27. The molecule has 1 aliphatic heterocycles. The largest absolute Gasteiger partial charge is 0.367 e. The Hall–Kier alpha value is -1.94. The van der Waals surface area contributed by atoms with E-state index in [1.165, 1.54) is 12.1 Å². The van der Waals surface area contributed by atoms with E-state index in [1.54, 1.807) is 12.1 Å². The Morgan fingerprint density at radius 2 is 1.95 bits per heavy atom. The van der Waals surface area contributed by atoms with Crippen molar-refractivity contribution in [2.45, 2.75) is 32.5 Å². The monoisotopic (exact) mass is 272 g/mol. The number of aromatic nitrogens is 1. The molecule has 2 aromatic rings. The molecule has 2 unspecified atom stereocenters. The van der Waals surface area contributed by atoms with Gasteiger partial charge in [-0.15, -0.1) is 0 Å². The van der Waals surface area contributed by atoms with Gasteiger partial charge in [0.05, 0.1) is 11.7 Å². The van der Waals surface area contributed by atoms with Crippen LogP contribution in [-0.2, 0) is 6.42 Å². The molecule has 0 saturated heterocycles. The summed E-state index contributed by atoms with van der Waals surface area (Å²) in [6.45, 7) is 3.93. The molecule has 3 nitrogen and oxygen atoms in total. The van der Waals surface area contributed by atoms with E-state index in [0.29, 0.717) is 0 Å². The number of aliphatic imine (C=N–C) groups is 1. The number of aliphatic hydroxyl groups is 1. The molecule has 1 aromatic heterocycles. The van der Waals surface area contributed by atoms with Crippen molar-refractivity contribution < 1.29 is 9.50 Å². The van der Waals surface area contributed by atoms with Gasteiger partial charge in [-0.2, -0.15) is 0 Å². The highest BCUT2D eigenvalue weighted by Gasteiger charge is 2.26. The van der Waals surface area contributed by atoms with Gasteiger partial charge < -0.3 is 9.67 Å². The number of fused-ring (bicyclic) bond motifs is 1. The third-order valence-electron chi connectivity index (χ3n) is 3.77. The van der Waals surface area contributed by atoms with Gasteiger partial charge in [0.2, 0.25) is 0 Å². The number of aryl methyl sites for hydroxylation is 1. The zero-order valence-corrected chi connectivity index (χ0v) is 11.5. The topological polar surface area (TPSA) is 37.5 Å². The van der Waals surface area contributed by atoms with E-state index < -0.39 is 6.23 Å². The zero-order valence-electron chi connectivity index (χ0n) is 11.5. The summed E-state index contributed by atoms with van der Waals surface area (Å²) >= 11 is 0. The summed E-state index contributed by atoms with van der Waals surface area (Å²) in [5, 5.41) is 10.0. The first-order chi connectivity index (χ1) is 9.54. The van der Waals surface area contributed by atoms with Crippen LogP contribution in [0.4, 0.5) is 4.39 Å². The van der Waals surface area contributed by atoms with E-state index in [1.807, 2.05) is 26.1 Å². The molecule has 0 saturated carbocycles. The fraction of sp³-hybridized carbons (Fsp3) is 0.312. The first kappa shape index (κ1) is 13.1. The summed E-state index contributed by atoms with van der Waals surface area (Å²) in [5.74, 6) is -0.226. The van der Waals surface area contributed by atoms with Gasteiger partial charge in [-0.25, -0.2) is 4.39 Å². The molecule has 2 atom stereocenters. The van der Waals surface area contributed by atoms with E-state index in [-0.39, 0.29) is 11.9 Å². The number of rotatable bonds is 2. The maximum absolute atomic E-state index is 13.0. The summed E-state index contributed by atoms with van der Waals surface area (Å²) in [6.07, 6.45) is 1.99. The van der Waals surface area contributed by atoms with E-state index >= 15 is 0 Å². The van der Waals surface area contributed by atoms with E-state index in [0.717, 1.165) is 29.0 Å². The number of nitrogens with zero attached hydrogens (tertiary/aromatic N) is 2. The summed E-state index contributed by atoms with van der Waals surface area (Å²) in [5.41, 5.74) is 3.87. The van der Waals surface area contributed by atoms with Crippen molar-refractivity contribution in [2.24, 2.45) is 4.99 Å². The molecular weight excluding hydrogens is 255 g/mol. The first-order valence-electron chi connectivity index (χ1n) is 6.70. The third-order valence-corrected chi connectivity index (χ3v) is 3.77. The molecule has 1 aromatic carbocycles. The molecule has 104 valence electrons. The Balaban J connectivity index is 1.95. The van der Waals surface area contributed by atoms with Crippen molar-refractivity contribution in [1.82, 2.24) is 4.57 Å². The Bertz CT molecular complexity index is 658. The van der Waals surface area contributed by atoms with Gasteiger partial charge in [-0.1, -0.05) is 12.1 Å². The normalized spacial score (nSPS) is 21.5. The summed E-state index contributed by atoms with van der Waals surface area (Å²) in [6, 6.07) is 8.57. The minimum Gasteiger partial charge on any atom is -0.367 e. The van der Waals surface area contributed by atoms with Crippen molar-refractivity contribution in [3.63, 3.8) is 0 Å². The van der Waals surface area contributed by atoms with Gasteiger partial charge >= 0.3 is 0 Å². The number of halogens is 1. The van der Waals surface area contributed by atoms with Gasteiger partial charge in [-0.05, 0) is 49.6 Å². The van der Waals surface area contributed by atoms with Crippen LogP contribution in [0, 0.1) is 12.7 Å². The molecule has 0 aliphatic carbocycles. The van der Waals surface area contributed by atoms with Crippen molar-refractivity contribution in [3.05, 3.63) is 59.2 Å². The van der Waals surface area contributed by atoms with Crippen LogP contribution in [0.25, 0.3) is 0 Å². The highest BCUT2D eigenvalue weighted by Crippen LogP contribution is 2.30. The number of aliphatic hydroxyl groups excluding tert-OH is 1. The molecule has 20 heavy (non-hydrogen) atoms. The van der Waals surface area contributed by atoms with Gasteiger partial charge in [0.15, 0.2) is 6.23 Å². The molecule has 0 amide bonds. The van der Waals surface area contributed by atoms with Crippen molar-refractivity contribution in [1.29, 1.82) is 0 Å². The standard InChI is InChI=1S/C16H17FN2O/c1-10-7-15-16(20)18-11(2)14(19(15)9-10)8-12-3-5-13(17)6-4-12/h3-7,9,14,16,20H,8H2,1-2H3. The quantitative estimate of drug-likeness (QED) is 0.895. The van der Waals surface area contributed by atoms with E-state index in [4.69, 9.17) is 0 Å². The number of hydrogen-bond acceptors (Lipinski definition) is 2. The Morgan fingerprint density at radius 1 is 1.25 bits per heavy atom. The minimum absolute atomic E-state index is 0.0764. The summed E-state index contributed by atoms with van der Waals surface area (Å²) in [7, 11) is 0. The van der Waals surface area contributed by atoms with Crippen LogP contribution in [0.3, 0.4) is 0 Å². The lowest BCUT2D eigenvalue weighted by Crippen LogP contribution is -2.26. The fourth-order valence-electron chi connectivity index (χ4n) is 2.75. The van der Waals surface area contributed by atoms with E-state index in [2.05, 4.69) is 9.56 Å². The summed E-state index contributed by atoms with van der Waals surface area (Å²) in [4.78, 5) is 4.31. The maximum Gasteiger partial charge on any atom is 0.186 e. The average Bonchev–Trinajstić information content (AvgIpc) is 2.79. The molecule has 1 N–H and O–H groups in total. The molecule has 1 aliphatic rings. The molecule has 0 spiro atoms. The molecule has 0 radical (unpaired) electrons. The van der Waals surface area contributed by atoms with E-state index in [9.17, 15) is 9.50 Å². The van der Waals surface area contributed by atoms with Gasteiger partial charge in [0, 0.05) is 11.9 Å². The SMILES string of the molecule is CC1=NC(O)c2cc(C)cn2C1Cc1ccc(F)cc1. The summed E-state index contributed by atoms with van der Waals surface area (Å²) < 4.78 is 15.0. The molecular formula is C16H17FN2O. The number of benzene rings is 1. The highest BCUT2D eigenvalue weighted by molar-refractivity contribution is 5.87. The molecule has 4 heteroatoms. The fourth-order valence-corrected chi connectivity index (χ4v) is 2.75. The van der Waals surface area contributed by atoms with Gasteiger partial charge in [0.1, 0.15) is 5.82 Å². The zero-order chi connectivity index (χ0) is 14.3. The van der Waals surface area contributed by atoms with Crippen molar-refractivity contribution in [2.75, 3.05) is 0 Å². The lowest BCUT2D eigenvalue weighted by molar-refractivity contribution is 0.171. The van der Waals surface area contributed by atoms with Crippen LogP contribution >= 0.6 is 0 Å². The lowest BCUT2D eigenvalue weighted by Gasteiger charge is -2.28. The van der Waals surface area contributed by atoms with Crippen LogP contribution in [0.2, 0.25) is 0 Å². The van der Waals surface area contributed by atoms with Gasteiger partial charge in [0.25, 0.3) is 0 Å². The van der Waals surface area contributed by atoms with Crippen LogP contribution in [0.1, 0.15) is 36.0 Å². The highest BCUT2D eigenvalue weighted by atomic mass is 19.1. The smallest absolute Gasteiger partial charge is 0.186 e.